The lowest BCUT2D eigenvalue weighted by molar-refractivity contribution is -0.149. The molecule has 4 nitrogen and oxygen atoms in total. The van der Waals surface area contributed by atoms with Gasteiger partial charge in [0.05, 0.1) is 12.5 Å². The number of halogens is 1. The van der Waals surface area contributed by atoms with Crippen LogP contribution in [0.4, 0.5) is 0 Å². The van der Waals surface area contributed by atoms with E-state index < -0.39 is 0 Å². The highest BCUT2D eigenvalue weighted by Crippen LogP contribution is 2.21. The van der Waals surface area contributed by atoms with Gasteiger partial charge in [-0.2, -0.15) is 0 Å². The number of amides is 1. The van der Waals surface area contributed by atoms with E-state index in [0.29, 0.717) is 43.1 Å². The molecule has 0 aromatic heterocycles. The third kappa shape index (κ3) is 3.51. The lowest BCUT2D eigenvalue weighted by Crippen LogP contribution is -2.40. The second kappa shape index (κ2) is 6.75. The van der Waals surface area contributed by atoms with Gasteiger partial charge in [-0.05, 0) is 44.0 Å². The van der Waals surface area contributed by atoms with Crippen LogP contribution in [0, 0.1) is 5.92 Å². The minimum absolute atomic E-state index is 0.0102. The fraction of sp³-hybridized carbons (Fsp3) is 0.467. The summed E-state index contributed by atoms with van der Waals surface area (Å²) in [5.41, 5.74) is 0.629. The van der Waals surface area contributed by atoms with Crippen molar-refractivity contribution < 1.29 is 14.3 Å². The first-order valence-corrected chi connectivity index (χ1v) is 7.21. The molecule has 0 radical (unpaired) electrons. The van der Waals surface area contributed by atoms with Gasteiger partial charge in [0.25, 0.3) is 5.91 Å². The number of carbonyl (C=O) groups is 2. The number of piperidine rings is 1. The van der Waals surface area contributed by atoms with Crippen molar-refractivity contribution in [1.82, 2.24) is 4.90 Å². The number of hydrogen-bond donors (Lipinski definition) is 0. The molecule has 1 saturated heterocycles. The molecule has 2 rings (SSSR count). The van der Waals surface area contributed by atoms with Crippen molar-refractivity contribution in [3.05, 3.63) is 34.9 Å². The van der Waals surface area contributed by atoms with Gasteiger partial charge in [0.15, 0.2) is 0 Å². The highest BCUT2D eigenvalue weighted by atomic mass is 35.5. The van der Waals surface area contributed by atoms with Crippen molar-refractivity contribution in [3.8, 4) is 0 Å². The van der Waals surface area contributed by atoms with Crippen molar-refractivity contribution in [2.24, 2.45) is 5.92 Å². The number of nitrogens with zero attached hydrogens (tertiary/aromatic N) is 1. The fourth-order valence-electron chi connectivity index (χ4n) is 2.35. The lowest BCUT2D eigenvalue weighted by Gasteiger charge is -2.31. The van der Waals surface area contributed by atoms with Crippen molar-refractivity contribution in [2.45, 2.75) is 19.8 Å². The molecule has 0 atom stereocenters. The Balaban J connectivity index is 1.92. The molecule has 0 N–H and O–H groups in total. The van der Waals surface area contributed by atoms with Crippen molar-refractivity contribution in [1.29, 1.82) is 0 Å². The van der Waals surface area contributed by atoms with E-state index in [2.05, 4.69) is 0 Å². The maximum Gasteiger partial charge on any atom is 0.309 e. The molecule has 1 aromatic rings. The third-order valence-corrected chi connectivity index (χ3v) is 3.75. The molecule has 0 saturated carbocycles. The molecule has 0 aliphatic carbocycles. The Morgan fingerprint density at radius 3 is 2.40 bits per heavy atom. The Kier molecular flexibility index (Phi) is 5.01. The summed E-state index contributed by atoms with van der Waals surface area (Å²) >= 11 is 5.81. The first-order valence-electron chi connectivity index (χ1n) is 6.83. The molecular weight excluding hydrogens is 278 g/mol. The van der Waals surface area contributed by atoms with Crippen LogP contribution in [-0.4, -0.2) is 36.5 Å². The predicted octanol–water partition coefficient (Wildman–Crippen LogP) is 2.76. The van der Waals surface area contributed by atoms with E-state index in [4.69, 9.17) is 16.3 Å². The average Bonchev–Trinajstić information content (AvgIpc) is 2.48. The summed E-state index contributed by atoms with van der Waals surface area (Å²) in [4.78, 5) is 25.7. The van der Waals surface area contributed by atoms with Crippen molar-refractivity contribution >= 4 is 23.5 Å². The van der Waals surface area contributed by atoms with E-state index in [1.54, 1.807) is 36.1 Å². The summed E-state index contributed by atoms with van der Waals surface area (Å²) in [5.74, 6) is -0.237. The highest BCUT2D eigenvalue weighted by molar-refractivity contribution is 6.30. The third-order valence-electron chi connectivity index (χ3n) is 3.49. The van der Waals surface area contributed by atoms with Gasteiger partial charge in [-0.1, -0.05) is 11.6 Å². The quantitative estimate of drug-likeness (QED) is 0.806. The van der Waals surface area contributed by atoms with Crippen LogP contribution in [-0.2, 0) is 9.53 Å². The maximum atomic E-state index is 12.3. The Morgan fingerprint density at radius 1 is 1.25 bits per heavy atom. The van der Waals surface area contributed by atoms with Gasteiger partial charge in [-0.3, -0.25) is 9.59 Å². The molecule has 1 aliphatic heterocycles. The molecule has 0 unspecified atom stereocenters. The number of hydrogen-bond acceptors (Lipinski definition) is 3. The number of benzene rings is 1. The van der Waals surface area contributed by atoms with Crippen molar-refractivity contribution in [2.75, 3.05) is 19.7 Å². The number of likely N-dealkylation sites (tertiary alicyclic amines) is 1. The monoisotopic (exact) mass is 295 g/mol. The molecule has 1 fully saturated rings. The first kappa shape index (κ1) is 14.9. The van der Waals surface area contributed by atoms with Gasteiger partial charge in [-0.15, -0.1) is 0 Å². The largest absolute Gasteiger partial charge is 0.466 e. The SMILES string of the molecule is CCOC(=O)C1CCN(C(=O)c2ccc(Cl)cc2)CC1. The number of ether oxygens (including phenoxy) is 1. The summed E-state index contributed by atoms with van der Waals surface area (Å²) in [5, 5.41) is 0.613. The van der Waals surface area contributed by atoms with Crippen LogP contribution in [0.1, 0.15) is 30.1 Å². The zero-order chi connectivity index (χ0) is 14.5. The maximum absolute atomic E-state index is 12.3. The molecular formula is C15H18ClNO3. The van der Waals surface area contributed by atoms with E-state index in [1.807, 2.05) is 0 Å². The number of esters is 1. The molecule has 108 valence electrons. The number of carbonyl (C=O) groups excluding carboxylic acids is 2. The second-order valence-electron chi connectivity index (χ2n) is 4.83. The summed E-state index contributed by atoms with van der Waals surface area (Å²) < 4.78 is 5.02. The van der Waals surface area contributed by atoms with Gasteiger partial charge < -0.3 is 9.64 Å². The molecule has 5 heteroatoms. The van der Waals surface area contributed by atoms with Gasteiger partial charge in [0.2, 0.25) is 0 Å². The van der Waals surface area contributed by atoms with Crippen LogP contribution >= 0.6 is 11.6 Å². The predicted molar refractivity (Wildman–Crippen MR) is 76.7 cm³/mol. The van der Waals surface area contributed by atoms with Crippen LogP contribution in [0.5, 0.6) is 0 Å². The summed E-state index contributed by atoms with van der Waals surface area (Å²) in [6.45, 7) is 3.38. The summed E-state index contributed by atoms with van der Waals surface area (Å²) in [6.07, 6.45) is 1.33. The molecule has 1 amide bonds. The van der Waals surface area contributed by atoms with Crippen LogP contribution in [0.2, 0.25) is 5.02 Å². The van der Waals surface area contributed by atoms with E-state index >= 15 is 0 Å². The van der Waals surface area contributed by atoms with Crippen molar-refractivity contribution in [3.63, 3.8) is 0 Å². The highest BCUT2D eigenvalue weighted by Gasteiger charge is 2.28. The molecule has 20 heavy (non-hydrogen) atoms. The van der Waals surface area contributed by atoms with E-state index in [1.165, 1.54) is 0 Å². The molecule has 1 aromatic carbocycles. The standard InChI is InChI=1S/C15H18ClNO3/c1-2-20-15(19)12-7-9-17(10-8-12)14(18)11-3-5-13(16)6-4-11/h3-6,12H,2,7-10H2,1H3. The summed E-state index contributed by atoms with van der Waals surface area (Å²) in [6, 6.07) is 6.87. The van der Waals surface area contributed by atoms with E-state index in [0.717, 1.165) is 0 Å². The Hall–Kier alpha value is -1.55. The first-order chi connectivity index (χ1) is 9.61. The molecule has 1 aliphatic rings. The number of rotatable bonds is 3. The second-order valence-corrected chi connectivity index (χ2v) is 5.26. The Bertz CT molecular complexity index is 478. The van der Waals surface area contributed by atoms with Gasteiger partial charge in [-0.25, -0.2) is 0 Å². The van der Waals surface area contributed by atoms with Crippen LogP contribution in [0.3, 0.4) is 0 Å². The molecule has 0 spiro atoms. The molecule has 0 bridgehead atoms. The topological polar surface area (TPSA) is 46.6 Å². The lowest BCUT2D eigenvalue weighted by atomic mass is 9.96. The normalized spacial score (nSPS) is 16.0. The van der Waals surface area contributed by atoms with Crippen LogP contribution in [0.25, 0.3) is 0 Å². The van der Waals surface area contributed by atoms with E-state index in [-0.39, 0.29) is 17.8 Å². The van der Waals surface area contributed by atoms with Gasteiger partial charge >= 0.3 is 5.97 Å². The zero-order valence-corrected chi connectivity index (χ0v) is 12.2. The van der Waals surface area contributed by atoms with Gasteiger partial charge in [0, 0.05) is 23.7 Å². The Morgan fingerprint density at radius 2 is 1.85 bits per heavy atom. The van der Waals surface area contributed by atoms with Gasteiger partial charge in [0.1, 0.15) is 0 Å². The minimum Gasteiger partial charge on any atom is -0.466 e. The fourth-order valence-corrected chi connectivity index (χ4v) is 2.48. The molecule has 1 heterocycles. The minimum atomic E-state index is -0.147. The Labute approximate surface area is 123 Å². The summed E-state index contributed by atoms with van der Waals surface area (Å²) in [7, 11) is 0. The van der Waals surface area contributed by atoms with Crippen LogP contribution in [0.15, 0.2) is 24.3 Å². The smallest absolute Gasteiger partial charge is 0.309 e. The average molecular weight is 296 g/mol. The van der Waals surface area contributed by atoms with Crippen LogP contribution < -0.4 is 0 Å². The van der Waals surface area contributed by atoms with E-state index in [9.17, 15) is 9.59 Å². The zero-order valence-electron chi connectivity index (χ0n) is 11.5.